The molecule has 0 aliphatic carbocycles. The van der Waals surface area contributed by atoms with Crippen LogP contribution in [0.4, 0.5) is 0 Å². The fraction of sp³-hybridized carbons (Fsp3) is 0.0909. The maximum absolute atomic E-state index is 10.9. The van der Waals surface area contributed by atoms with Crippen LogP contribution in [0.15, 0.2) is 30.5 Å². The second-order valence-electron chi connectivity index (χ2n) is 3.05. The molecule has 1 heterocycles. The van der Waals surface area contributed by atoms with Crippen molar-refractivity contribution in [3.63, 3.8) is 0 Å². The van der Waals surface area contributed by atoms with Crippen LogP contribution >= 0.6 is 0 Å². The fourth-order valence-corrected chi connectivity index (χ4v) is 1.44. The molecule has 78 valence electrons. The average molecular weight is 243 g/mol. The normalized spacial score (nSPS) is 9.56. The first-order valence-electron chi connectivity index (χ1n) is 4.38. The van der Waals surface area contributed by atoms with Crippen molar-refractivity contribution in [1.82, 2.24) is 4.98 Å². The second kappa shape index (κ2) is 5.74. The van der Waals surface area contributed by atoms with Crippen molar-refractivity contribution in [1.29, 1.82) is 0 Å². The first-order valence-corrected chi connectivity index (χ1v) is 4.38. The number of carbonyl (C=O) groups is 1. The number of carboxylic acids is 1. The topological polar surface area (TPSA) is 59.4 Å². The minimum absolute atomic E-state index is 0. The number of methoxy groups -OCH3 is 1. The van der Waals surface area contributed by atoms with Gasteiger partial charge in [0.1, 0.15) is 5.75 Å². The van der Waals surface area contributed by atoms with Gasteiger partial charge in [0.25, 0.3) is 0 Å². The predicted octanol–water partition coefficient (Wildman–Crippen LogP) is -0.942. The largest absolute Gasteiger partial charge is 1.00 e. The molecule has 0 radical (unpaired) electrons. The zero-order chi connectivity index (χ0) is 10.8. The monoisotopic (exact) mass is 243 g/mol. The number of nitrogens with zero attached hydrogens (tertiary/aromatic N) is 1. The molecule has 0 spiro atoms. The van der Waals surface area contributed by atoms with E-state index in [1.165, 1.54) is 19.4 Å². The van der Waals surface area contributed by atoms with Gasteiger partial charge in [-0.3, -0.25) is 4.98 Å². The minimum Gasteiger partial charge on any atom is -1.00 e. The van der Waals surface area contributed by atoms with Crippen molar-refractivity contribution in [2.75, 3.05) is 7.11 Å². The number of hydrogen-bond donors (Lipinski definition) is 1. The molecule has 1 aromatic carbocycles. The van der Waals surface area contributed by atoms with E-state index in [0.29, 0.717) is 16.7 Å². The van der Waals surface area contributed by atoms with Gasteiger partial charge in [0.05, 0.1) is 18.2 Å². The first kappa shape index (κ1) is 13.6. The van der Waals surface area contributed by atoms with Crippen molar-refractivity contribution in [3.05, 3.63) is 36.0 Å². The Kier molecular flexibility index (Phi) is 4.88. The van der Waals surface area contributed by atoms with E-state index in [9.17, 15) is 4.79 Å². The van der Waals surface area contributed by atoms with E-state index in [-0.39, 0.29) is 58.4 Å². The SMILES string of the molecule is COc1ccc2nccc(C(=O)O)c2c1.[H-].[K+]. The number of benzene rings is 1. The van der Waals surface area contributed by atoms with Gasteiger partial charge in [0.15, 0.2) is 0 Å². The molecule has 0 unspecified atom stereocenters. The molecule has 16 heavy (non-hydrogen) atoms. The molecule has 0 saturated heterocycles. The standard InChI is InChI=1S/C11H9NO3.K.H/c1-15-7-2-3-10-9(6-7)8(11(13)14)4-5-12-10;;/h2-6H,1H3,(H,13,14);;/q;+1;-1. The van der Waals surface area contributed by atoms with Crippen LogP contribution in [-0.2, 0) is 0 Å². The molecule has 0 saturated carbocycles. The molecular weight excluding hydrogens is 233 g/mol. The average Bonchev–Trinajstić information content (AvgIpc) is 2.27. The van der Waals surface area contributed by atoms with Crippen LogP contribution in [0.3, 0.4) is 0 Å². The molecule has 0 aliphatic rings. The van der Waals surface area contributed by atoms with E-state index in [1.54, 1.807) is 18.2 Å². The number of ether oxygens (including phenoxy) is 1. The Morgan fingerprint density at radius 3 is 2.81 bits per heavy atom. The summed E-state index contributed by atoms with van der Waals surface area (Å²) in [6.07, 6.45) is 1.48. The van der Waals surface area contributed by atoms with Crippen molar-refractivity contribution in [2.45, 2.75) is 0 Å². The molecule has 4 nitrogen and oxygen atoms in total. The minimum atomic E-state index is -0.962. The third-order valence-electron chi connectivity index (χ3n) is 2.18. The van der Waals surface area contributed by atoms with Crippen LogP contribution in [0.5, 0.6) is 5.75 Å². The second-order valence-corrected chi connectivity index (χ2v) is 3.05. The van der Waals surface area contributed by atoms with Gasteiger partial charge in [-0.25, -0.2) is 4.79 Å². The first-order chi connectivity index (χ1) is 7.22. The number of aromatic carboxylic acids is 1. The molecule has 0 aliphatic heterocycles. The van der Waals surface area contributed by atoms with E-state index in [0.717, 1.165) is 0 Å². The molecule has 0 bridgehead atoms. The van der Waals surface area contributed by atoms with Crippen molar-refractivity contribution in [3.8, 4) is 5.75 Å². The molecule has 2 rings (SSSR count). The van der Waals surface area contributed by atoms with Crippen molar-refractivity contribution >= 4 is 16.9 Å². The predicted molar refractivity (Wildman–Crippen MR) is 56.4 cm³/mol. The number of aromatic nitrogens is 1. The van der Waals surface area contributed by atoms with Crippen molar-refractivity contribution in [2.24, 2.45) is 0 Å². The van der Waals surface area contributed by atoms with E-state index in [4.69, 9.17) is 9.84 Å². The van der Waals surface area contributed by atoms with Crippen LogP contribution in [-0.4, -0.2) is 23.2 Å². The van der Waals surface area contributed by atoms with E-state index >= 15 is 0 Å². The Morgan fingerprint density at radius 1 is 1.44 bits per heavy atom. The summed E-state index contributed by atoms with van der Waals surface area (Å²) >= 11 is 0. The smallest absolute Gasteiger partial charge is 1.00 e. The third kappa shape index (κ3) is 2.61. The quantitative estimate of drug-likeness (QED) is 0.692. The summed E-state index contributed by atoms with van der Waals surface area (Å²) in [5, 5.41) is 9.57. The van der Waals surface area contributed by atoms with Gasteiger partial charge in [-0.1, -0.05) is 0 Å². The van der Waals surface area contributed by atoms with Crippen LogP contribution in [0, 0.1) is 0 Å². The number of fused-ring (bicyclic) bond motifs is 1. The Hall–Kier alpha value is -0.464. The van der Waals surface area contributed by atoms with Crippen LogP contribution < -0.4 is 56.1 Å². The van der Waals surface area contributed by atoms with Crippen molar-refractivity contribution < 1.29 is 67.4 Å². The maximum atomic E-state index is 10.9. The maximum Gasteiger partial charge on any atom is 1.00 e. The Labute approximate surface area is 137 Å². The summed E-state index contributed by atoms with van der Waals surface area (Å²) in [4.78, 5) is 15.0. The molecule has 5 heteroatoms. The number of carboxylic acid groups (broad SMARTS) is 1. The van der Waals surface area contributed by atoms with Gasteiger partial charge in [-0.2, -0.15) is 0 Å². The molecule has 1 N–H and O–H groups in total. The number of hydrogen-bond acceptors (Lipinski definition) is 3. The van der Waals surface area contributed by atoms with Crippen LogP contribution in [0.1, 0.15) is 11.8 Å². The summed E-state index contributed by atoms with van der Waals surface area (Å²) < 4.78 is 5.04. The molecule has 0 fully saturated rings. The van der Waals surface area contributed by atoms with Gasteiger partial charge >= 0.3 is 57.4 Å². The molecule has 2 aromatic rings. The zero-order valence-corrected chi connectivity index (χ0v) is 12.2. The van der Waals surface area contributed by atoms with Gasteiger partial charge in [-0.05, 0) is 24.3 Å². The summed E-state index contributed by atoms with van der Waals surface area (Å²) in [6, 6.07) is 6.64. The van der Waals surface area contributed by atoms with Gasteiger partial charge < -0.3 is 11.3 Å². The summed E-state index contributed by atoms with van der Waals surface area (Å²) in [6.45, 7) is 0. The Balaban J connectivity index is 0.00000128. The fourth-order valence-electron chi connectivity index (χ4n) is 1.44. The van der Waals surface area contributed by atoms with Crippen LogP contribution in [0.25, 0.3) is 10.9 Å². The summed E-state index contributed by atoms with van der Waals surface area (Å²) in [7, 11) is 1.54. The Morgan fingerprint density at radius 2 is 2.19 bits per heavy atom. The number of rotatable bonds is 2. The number of pyridine rings is 1. The zero-order valence-electron chi connectivity index (χ0n) is 10.1. The van der Waals surface area contributed by atoms with Gasteiger partial charge in [-0.15, -0.1) is 0 Å². The summed E-state index contributed by atoms with van der Waals surface area (Å²) in [5.41, 5.74) is 0.884. The molecular formula is C11H10KNO3. The molecule has 0 atom stereocenters. The summed E-state index contributed by atoms with van der Waals surface area (Å²) in [5.74, 6) is -0.339. The molecule has 1 aromatic heterocycles. The molecule has 0 amide bonds. The van der Waals surface area contributed by atoms with E-state index < -0.39 is 5.97 Å². The van der Waals surface area contributed by atoms with E-state index in [1.807, 2.05) is 0 Å². The van der Waals surface area contributed by atoms with Crippen LogP contribution in [0.2, 0.25) is 0 Å². The third-order valence-corrected chi connectivity index (χ3v) is 2.18. The Bertz CT molecular complexity index is 533. The van der Waals surface area contributed by atoms with E-state index in [2.05, 4.69) is 4.98 Å². The van der Waals surface area contributed by atoms with Gasteiger partial charge in [0, 0.05) is 11.6 Å². The van der Waals surface area contributed by atoms with Gasteiger partial charge in [0.2, 0.25) is 0 Å².